The average molecular weight is 641 g/mol. The van der Waals surface area contributed by atoms with Gasteiger partial charge in [-0.25, -0.2) is 0 Å². The van der Waals surface area contributed by atoms with Gasteiger partial charge in [0.25, 0.3) is 5.91 Å². The van der Waals surface area contributed by atoms with Crippen molar-refractivity contribution in [3.63, 3.8) is 0 Å². The Morgan fingerprint density at radius 1 is 0.830 bits per heavy atom. The van der Waals surface area contributed by atoms with Crippen molar-refractivity contribution in [2.75, 3.05) is 64.4 Å². The van der Waals surface area contributed by atoms with Gasteiger partial charge in [0.1, 0.15) is 11.5 Å². The number of hydrogen-bond donors (Lipinski definition) is 0. The molecule has 3 aromatic rings. The first-order chi connectivity index (χ1) is 22.8. The monoisotopic (exact) mass is 640 g/mol. The second-order valence-corrected chi connectivity index (χ2v) is 13.1. The molecule has 0 saturated carbocycles. The van der Waals surface area contributed by atoms with E-state index in [-0.39, 0.29) is 11.8 Å². The van der Waals surface area contributed by atoms with Gasteiger partial charge in [0, 0.05) is 50.9 Å². The fourth-order valence-corrected chi connectivity index (χ4v) is 6.76. The van der Waals surface area contributed by atoms with E-state index in [9.17, 15) is 9.59 Å². The minimum atomic E-state index is -0.0287. The van der Waals surface area contributed by atoms with E-state index in [1.54, 1.807) is 7.11 Å². The predicted molar refractivity (Wildman–Crippen MR) is 189 cm³/mol. The van der Waals surface area contributed by atoms with E-state index >= 15 is 0 Å². The van der Waals surface area contributed by atoms with Crippen LogP contribution in [0.5, 0.6) is 11.5 Å². The number of hydrogen-bond acceptors (Lipinski definition) is 6. The van der Waals surface area contributed by atoms with Crippen LogP contribution < -0.4 is 14.4 Å². The molecule has 47 heavy (non-hydrogen) atoms. The van der Waals surface area contributed by atoms with Crippen molar-refractivity contribution < 1.29 is 19.1 Å². The van der Waals surface area contributed by atoms with Crippen LogP contribution in [0.15, 0.2) is 66.7 Å². The van der Waals surface area contributed by atoms with Crippen molar-refractivity contribution in [2.45, 2.75) is 65.5 Å². The number of anilines is 1. The number of likely N-dealkylation sites (tertiary alicyclic amines) is 1. The third kappa shape index (κ3) is 9.36. The summed E-state index contributed by atoms with van der Waals surface area (Å²) in [5.74, 6) is 1.52. The van der Waals surface area contributed by atoms with Crippen molar-refractivity contribution in [2.24, 2.45) is 0 Å². The van der Waals surface area contributed by atoms with Gasteiger partial charge in [-0.1, -0.05) is 36.4 Å². The zero-order chi connectivity index (χ0) is 33.2. The summed E-state index contributed by atoms with van der Waals surface area (Å²) in [6.07, 6.45) is 4.68. The highest BCUT2D eigenvalue weighted by atomic mass is 16.5. The molecular formula is C39H52N4O4. The van der Waals surface area contributed by atoms with Crippen LogP contribution >= 0.6 is 0 Å². The van der Waals surface area contributed by atoms with Crippen molar-refractivity contribution in [1.82, 2.24) is 14.7 Å². The lowest BCUT2D eigenvalue weighted by Crippen LogP contribution is -2.41. The summed E-state index contributed by atoms with van der Waals surface area (Å²) in [5.41, 5.74) is 4.49. The highest BCUT2D eigenvalue weighted by Gasteiger charge is 2.26. The molecule has 252 valence electrons. The largest absolute Gasteiger partial charge is 0.497 e. The molecular weight excluding hydrogens is 588 g/mol. The number of carbonyl (C=O) groups is 2. The van der Waals surface area contributed by atoms with Gasteiger partial charge in [0.05, 0.1) is 25.8 Å². The van der Waals surface area contributed by atoms with E-state index in [1.807, 2.05) is 64.4 Å². The number of nitrogens with zero attached hydrogens (tertiary/aromatic N) is 4. The average Bonchev–Trinajstić information content (AvgIpc) is 3.59. The normalized spacial score (nSPS) is 16.5. The second-order valence-electron chi connectivity index (χ2n) is 13.1. The minimum absolute atomic E-state index is 0.0287. The van der Waals surface area contributed by atoms with Crippen LogP contribution in [0.2, 0.25) is 0 Å². The van der Waals surface area contributed by atoms with Crippen LogP contribution in [0.25, 0.3) is 0 Å². The molecule has 2 amide bonds. The van der Waals surface area contributed by atoms with E-state index in [1.165, 1.54) is 25.9 Å². The van der Waals surface area contributed by atoms with Gasteiger partial charge < -0.3 is 24.2 Å². The van der Waals surface area contributed by atoms with Gasteiger partial charge in [-0.15, -0.1) is 0 Å². The van der Waals surface area contributed by atoms with Gasteiger partial charge in [0.15, 0.2) is 0 Å². The van der Waals surface area contributed by atoms with E-state index in [4.69, 9.17) is 9.47 Å². The number of methoxy groups -OCH3 is 1. The number of benzene rings is 3. The second kappa shape index (κ2) is 16.8. The van der Waals surface area contributed by atoms with Gasteiger partial charge in [-0.2, -0.15) is 0 Å². The highest BCUT2D eigenvalue weighted by molar-refractivity contribution is 5.97. The van der Waals surface area contributed by atoms with E-state index < -0.39 is 0 Å². The number of amides is 2. The third-order valence-electron chi connectivity index (χ3n) is 9.44. The van der Waals surface area contributed by atoms with Crippen molar-refractivity contribution in [1.29, 1.82) is 0 Å². The van der Waals surface area contributed by atoms with Crippen LogP contribution in [0, 0.1) is 6.92 Å². The summed E-state index contributed by atoms with van der Waals surface area (Å²) in [6, 6.07) is 21.8. The first-order valence-corrected chi connectivity index (χ1v) is 17.3. The van der Waals surface area contributed by atoms with Crippen molar-refractivity contribution in [3.05, 3.63) is 89.0 Å². The lowest BCUT2D eigenvalue weighted by Gasteiger charge is -2.30. The Bertz CT molecular complexity index is 1470. The maximum Gasteiger partial charge on any atom is 0.254 e. The molecule has 8 heteroatoms. The van der Waals surface area contributed by atoms with Crippen LogP contribution in [-0.2, 0) is 17.8 Å². The number of carbonyl (C=O) groups excluding carboxylic acids is 2. The molecule has 0 unspecified atom stereocenters. The van der Waals surface area contributed by atoms with Crippen LogP contribution in [0.4, 0.5) is 5.69 Å². The molecule has 5 rings (SSSR count). The van der Waals surface area contributed by atoms with Crippen LogP contribution in [-0.4, -0.2) is 92.1 Å². The molecule has 0 aromatic heterocycles. The number of ether oxygens (including phenoxy) is 2. The van der Waals surface area contributed by atoms with Gasteiger partial charge >= 0.3 is 0 Å². The SMILES string of the molecule is COc1ccc(CC(=O)N2CCCN(C(C)C)CCN(C(=O)c3cccc(OCCCN4CCCC4)c3)Cc3cccc(C)c32)cc1. The number of fused-ring (bicyclic) bond motifs is 1. The van der Waals surface area contributed by atoms with E-state index in [0.29, 0.717) is 44.3 Å². The van der Waals surface area contributed by atoms with E-state index in [2.05, 4.69) is 42.7 Å². The Hall–Kier alpha value is -3.88. The number of para-hydroxylation sites is 1. The van der Waals surface area contributed by atoms with Crippen molar-refractivity contribution in [3.8, 4) is 11.5 Å². The summed E-state index contributed by atoms with van der Waals surface area (Å²) in [7, 11) is 1.64. The predicted octanol–water partition coefficient (Wildman–Crippen LogP) is 6.20. The molecule has 1 fully saturated rings. The Morgan fingerprint density at radius 2 is 1.60 bits per heavy atom. The topological polar surface area (TPSA) is 65.6 Å². The lowest BCUT2D eigenvalue weighted by atomic mass is 10.0. The van der Waals surface area contributed by atoms with Gasteiger partial charge in [-0.05, 0) is 107 Å². The van der Waals surface area contributed by atoms with Gasteiger partial charge in [0.2, 0.25) is 5.91 Å². The molecule has 8 nitrogen and oxygen atoms in total. The first kappa shape index (κ1) is 34.5. The quantitative estimate of drug-likeness (QED) is 0.246. The number of aryl methyl sites for hydroxylation is 1. The fraction of sp³-hybridized carbons (Fsp3) is 0.487. The Labute approximate surface area is 281 Å². The Kier molecular flexibility index (Phi) is 12.3. The van der Waals surface area contributed by atoms with Gasteiger partial charge in [-0.3, -0.25) is 14.5 Å². The summed E-state index contributed by atoms with van der Waals surface area (Å²) >= 11 is 0. The molecule has 0 spiro atoms. The lowest BCUT2D eigenvalue weighted by molar-refractivity contribution is -0.118. The third-order valence-corrected chi connectivity index (χ3v) is 9.44. The highest BCUT2D eigenvalue weighted by Crippen LogP contribution is 2.29. The van der Waals surface area contributed by atoms with Crippen LogP contribution in [0.1, 0.15) is 66.6 Å². The smallest absolute Gasteiger partial charge is 0.254 e. The fourth-order valence-electron chi connectivity index (χ4n) is 6.76. The van der Waals surface area contributed by atoms with Crippen LogP contribution in [0.3, 0.4) is 0 Å². The standard InChI is InChI=1S/C39H52N4O4/c1-30(2)41-22-9-23-43(37(44)27-32-15-17-35(46-4)18-16-32)38-31(3)11-7-13-34(38)29-42(25-24-41)39(45)33-12-8-14-36(28-33)47-26-10-21-40-19-5-6-20-40/h7-8,11-18,28,30H,5-6,9-10,19-27,29H2,1-4H3. The molecule has 0 N–H and O–H groups in total. The molecule has 0 radical (unpaired) electrons. The Morgan fingerprint density at radius 3 is 2.34 bits per heavy atom. The first-order valence-electron chi connectivity index (χ1n) is 17.3. The molecule has 2 heterocycles. The molecule has 3 aromatic carbocycles. The zero-order valence-corrected chi connectivity index (χ0v) is 28.7. The molecule has 0 aliphatic carbocycles. The summed E-state index contributed by atoms with van der Waals surface area (Å²) in [4.78, 5) is 37.1. The maximum atomic E-state index is 14.2. The maximum absolute atomic E-state index is 14.2. The zero-order valence-electron chi connectivity index (χ0n) is 28.7. The Balaban J connectivity index is 1.38. The molecule has 0 bridgehead atoms. The summed E-state index contributed by atoms with van der Waals surface area (Å²) in [5, 5.41) is 0. The molecule has 0 atom stereocenters. The molecule has 2 aliphatic heterocycles. The minimum Gasteiger partial charge on any atom is -0.497 e. The van der Waals surface area contributed by atoms with E-state index in [0.717, 1.165) is 66.4 Å². The summed E-state index contributed by atoms with van der Waals surface area (Å²) in [6.45, 7) is 13.7. The number of rotatable bonds is 10. The molecule has 1 saturated heterocycles. The summed E-state index contributed by atoms with van der Waals surface area (Å²) < 4.78 is 11.4. The van der Waals surface area contributed by atoms with Crippen molar-refractivity contribution >= 4 is 17.5 Å². The molecule has 2 aliphatic rings.